The molecule has 108 valence electrons. The summed E-state index contributed by atoms with van der Waals surface area (Å²) in [6.07, 6.45) is 5.30. The van der Waals surface area contributed by atoms with Crippen molar-refractivity contribution in [2.75, 3.05) is 53.0 Å². The Balaban J connectivity index is 1.81. The van der Waals surface area contributed by atoms with Crippen molar-refractivity contribution in [3.05, 3.63) is 0 Å². The smallest absolute Gasteiger partial charge is 0.0702 e. The summed E-state index contributed by atoms with van der Waals surface area (Å²) in [4.78, 5) is 2.36. The average Bonchev–Trinajstić information content (AvgIpc) is 2.85. The van der Waals surface area contributed by atoms with Crippen LogP contribution >= 0.6 is 0 Å². The lowest BCUT2D eigenvalue weighted by molar-refractivity contribution is 0.0815. The number of ether oxygens (including phenoxy) is 2. The number of hydrogen-bond donors (Lipinski definition) is 1. The van der Waals surface area contributed by atoms with Gasteiger partial charge in [-0.2, -0.15) is 0 Å². The molecule has 1 heterocycles. The number of hydrogen-bond acceptors (Lipinski definition) is 4. The van der Waals surface area contributed by atoms with Gasteiger partial charge in [-0.05, 0) is 46.2 Å². The number of rotatable bonds is 11. The highest BCUT2D eigenvalue weighted by molar-refractivity contribution is 4.69. The molecule has 1 unspecified atom stereocenters. The molecule has 0 saturated carbocycles. The normalized spacial score (nSPS) is 19.8. The SMILES string of the molecule is CCOCCCCNCCN(C)CC1CCCO1. The number of unbranched alkanes of at least 4 members (excludes halogenated alkanes) is 1. The van der Waals surface area contributed by atoms with Gasteiger partial charge in [0.1, 0.15) is 0 Å². The lowest BCUT2D eigenvalue weighted by Crippen LogP contribution is -2.34. The summed E-state index contributed by atoms with van der Waals surface area (Å²) >= 11 is 0. The summed E-state index contributed by atoms with van der Waals surface area (Å²) in [5.41, 5.74) is 0. The molecule has 0 aromatic heterocycles. The van der Waals surface area contributed by atoms with Gasteiger partial charge in [-0.15, -0.1) is 0 Å². The predicted molar refractivity (Wildman–Crippen MR) is 75.1 cm³/mol. The Kier molecular flexibility index (Phi) is 9.48. The third kappa shape index (κ3) is 8.03. The molecule has 0 amide bonds. The first-order valence-corrected chi connectivity index (χ1v) is 7.41. The lowest BCUT2D eigenvalue weighted by atomic mass is 10.2. The van der Waals surface area contributed by atoms with E-state index in [0.717, 1.165) is 52.4 Å². The Morgan fingerprint density at radius 1 is 1.33 bits per heavy atom. The molecule has 0 bridgehead atoms. The fourth-order valence-corrected chi connectivity index (χ4v) is 2.22. The molecule has 1 N–H and O–H groups in total. The van der Waals surface area contributed by atoms with E-state index in [-0.39, 0.29) is 0 Å². The minimum atomic E-state index is 0.473. The standard InChI is InChI=1S/C14H30N2O2/c1-3-17-11-5-4-8-15-9-10-16(2)13-14-7-6-12-18-14/h14-15H,3-13H2,1-2H3. The van der Waals surface area contributed by atoms with E-state index in [1.807, 2.05) is 6.92 Å². The molecule has 0 aliphatic carbocycles. The van der Waals surface area contributed by atoms with E-state index in [9.17, 15) is 0 Å². The van der Waals surface area contributed by atoms with Gasteiger partial charge in [0.25, 0.3) is 0 Å². The maximum absolute atomic E-state index is 5.63. The van der Waals surface area contributed by atoms with Gasteiger partial charge < -0.3 is 19.7 Å². The Morgan fingerprint density at radius 2 is 2.22 bits per heavy atom. The van der Waals surface area contributed by atoms with Gasteiger partial charge in [0.05, 0.1) is 6.10 Å². The molecule has 0 aromatic carbocycles. The van der Waals surface area contributed by atoms with Crippen LogP contribution in [0.4, 0.5) is 0 Å². The van der Waals surface area contributed by atoms with Gasteiger partial charge in [-0.25, -0.2) is 0 Å². The van der Waals surface area contributed by atoms with Crippen molar-refractivity contribution in [3.63, 3.8) is 0 Å². The van der Waals surface area contributed by atoms with Gasteiger partial charge in [-0.1, -0.05) is 0 Å². The second-order valence-corrected chi connectivity index (χ2v) is 5.05. The Morgan fingerprint density at radius 3 is 2.94 bits per heavy atom. The molecule has 18 heavy (non-hydrogen) atoms. The van der Waals surface area contributed by atoms with Crippen molar-refractivity contribution in [1.82, 2.24) is 10.2 Å². The zero-order chi connectivity index (χ0) is 13.1. The van der Waals surface area contributed by atoms with Gasteiger partial charge in [0.15, 0.2) is 0 Å². The van der Waals surface area contributed by atoms with Crippen LogP contribution in [0, 0.1) is 0 Å². The highest BCUT2D eigenvalue weighted by Crippen LogP contribution is 2.12. The van der Waals surface area contributed by atoms with Crippen LogP contribution in [0.1, 0.15) is 32.6 Å². The van der Waals surface area contributed by atoms with E-state index in [2.05, 4.69) is 17.3 Å². The third-order valence-corrected chi connectivity index (χ3v) is 3.31. The molecule has 4 heteroatoms. The molecule has 1 fully saturated rings. The van der Waals surface area contributed by atoms with E-state index in [4.69, 9.17) is 9.47 Å². The van der Waals surface area contributed by atoms with Crippen molar-refractivity contribution >= 4 is 0 Å². The van der Waals surface area contributed by atoms with Crippen LogP contribution in [0.15, 0.2) is 0 Å². The van der Waals surface area contributed by atoms with Crippen molar-refractivity contribution in [2.24, 2.45) is 0 Å². The lowest BCUT2D eigenvalue weighted by Gasteiger charge is -2.20. The zero-order valence-electron chi connectivity index (χ0n) is 12.1. The summed E-state index contributed by atoms with van der Waals surface area (Å²) in [7, 11) is 2.18. The highest BCUT2D eigenvalue weighted by Gasteiger charge is 2.16. The molecule has 1 atom stereocenters. The summed E-state index contributed by atoms with van der Waals surface area (Å²) in [5.74, 6) is 0. The van der Waals surface area contributed by atoms with Crippen molar-refractivity contribution in [3.8, 4) is 0 Å². The van der Waals surface area contributed by atoms with Crippen LogP contribution in [0.2, 0.25) is 0 Å². The van der Waals surface area contributed by atoms with Crippen LogP contribution in [0.25, 0.3) is 0 Å². The van der Waals surface area contributed by atoms with Gasteiger partial charge in [-0.3, -0.25) is 0 Å². The molecule has 0 radical (unpaired) electrons. The van der Waals surface area contributed by atoms with E-state index < -0.39 is 0 Å². The fraction of sp³-hybridized carbons (Fsp3) is 1.00. The molecular formula is C14H30N2O2. The molecule has 1 aliphatic rings. The third-order valence-electron chi connectivity index (χ3n) is 3.31. The quantitative estimate of drug-likeness (QED) is 0.570. The number of likely N-dealkylation sites (N-methyl/N-ethyl adjacent to an activating group) is 1. The summed E-state index contributed by atoms with van der Waals surface area (Å²) in [6, 6.07) is 0. The topological polar surface area (TPSA) is 33.7 Å². The Labute approximate surface area is 112 Å². The van der Waals surface area contributed by atoms with E-state index in [1.165, 1.54) is 19.3 Å². The summed E-state index contributed by atoms with van der Waals surface area (Å²) < 4.78 is 10.9. The Hall–Kier alpha value is -0.160. The maximum Gasteiger partial charge on any atom is 0.0702 e. The van der Waals surface area contributed by atoms with Gasteiger partial charge in [0, 0.05) is 39.5 Å². The molecule has 4 nitrogen and oxygen atoms in total. The molecule has 1 aliphatic heterocycles. The second-order valence-electron chi connectivity index (χ2n) is 5.05. The largest absolute Gasteiger partial charge is 0.382 e. The highest BCUT2D eigenvalue weighted by atomic mass is 16.5. The predicted octanol–water partition coefficient (Wildman–Crippen LogP) is 1.50. The first kappa shape index (κ1) is 15.9. The van der Waals surface area contributed by atoms with Crippen molar-refractivity contribution < 1.29 is 9.47 Å². The van der Waals surface area contributed by atoms with E-state index in [0.29, 0.717) is 6.10 Å². The van der Waals surface area contributed by atoms with Crippen LogP contribution in [0.5, 0.6) is 0 Å². The first-order valence-electron chi connectivity index (χ1n) is 7.41. The monoisotopic (exact) mass is 258 g/mol. The molecular weight excluding hydrogens is 228 g/mol. The van der Waals surface area contributed by atoms with Crippen LogP contribution < -0.4 is 5.32 Å². The average molecular weight is 258 g/mol. The zero-order valence-corrected chi connectivity index (χ0v) is 12.1. The van der Waals surface area contributed by atoms with Crippen LogP contribution in [-0.2, 0) is 9.47 Å². The number of nitrogens with one attached hydrogen (secondary N) is 1. The molecule has 1 rings (SSSR count). The maximum atomic E-state index is 5.63. The molecule has 1 saturated heterocycles. The van der Waals surface area contributed by atoms with Gasteiger partial charge in [0.2, 0.25) is 0 Å². The number of nitrogens with zero attached hydrogens (tertiary/aromatic N) is 1. The van der Waals surface area contributed by atoms with E-state index in [1.54, 1.807) is 0 Å². The van der Waals surface area contributed by atoms with Crippen molar-refractivity contribution in [1.29, 1.82) is 0 Å². The first-order chi connectivity index (χ1) is 8.83. The summed E-state index contributed by atoms with van der Waals surface area (Å²) in [5, 5.41) is 3.48. The fourth-order valence-electron chi connectivity index (χ4n) is 2.22. The van der Waals surface area contributed by atoms with Gasteiger partial charge >= 0.3 is 0 Å². The minimum Gasteiger partial charge on any atom is -0.382 e. The van der Waals surface area contributed by atoms with Crippen molar-refractivity contribution in [2.45, 2.75) is 38.7 Å². The molecule has 0 aromatic rings. The Bertz CT molecular complexity index is 185. The molecule has 0 spiro atoms. The van der Waals surface area contributed by atoms with Crippen LogP contribution in [0.3, 0.4) is 0 Å². The second kappa shape index (κ2) is 10.7. The van der Waals surface area contributed by atoms with E-state index >= 15 is 0 Å². The van der Waals surface area contributed by atoms with Crippen LogP contribution in [-0.4, -0.2) is 64.1 Å². The summed E-state index contributed by atoms with van der Waals surface area (Å²) in [6.45, 7) is 9.08. The minimum absolute atomic E-state index is 0.473.